The van der Waals surface area contributed by atoms with Gasteiger partial charge in [0, 0.05) is 12.3 Å². The first-order valence-corrected chi connectivity index (χ1v) is 8.67. The molecule has 0 atom stereocenters. The van der Waals surface area contributed by atoms with Gasteiger partial charge in [0.05, 0.1) is 16.5 Å². The Kier molecular flexibility index (Phi) is 4.85. The van der Waals surface area contributed by atoms with Crippen LogP contribution < -0.4 is 5.56 Å². The van der Waals surface area contributed by atoms with Crippen molar-refractivity contribution in [2.24, 2.45) is 0 Å². The smallest absolute Gasteiger partial charge is 0.287 e. The van der Waals surface area contributed by atoms with Crippen LogP contribution in [0.4, 0.5) is 13.2 Å². The Hall–Kier alpha value is -2.28. The molecule has 1 heterocycles. The van der Waals surface area contributed by atoms with Crippen molar-refractivity contribution in [2.45, 2.75) is 30.6 Å². The lowest BCUT2D eigenvalue weighted by atomic mass is 10.1. The maximum Gasteiger partial charge on any atom is 0.416 e. The van der Waals surface area contributed by atoms with Gasteiger partial charge >= 0.3 is 6.18 Å². The fourth-order valence-electron chi connectivity index (χ4n) is 2.47. The lowest BCUT2D eigenvalue weighted by molar-refractivity contribution is -0.137. The molecule has 0 bridgehead atoms. The highest BCUT2D eigenvalue weighted by atomic mass is 32.2. The van der Waals surface area contributed by atoms with Gasteiger partial charge in [0.25, 0.3) is 5.56 Å². The van der Waals surface area contributed by atoms with E-state index in [1.54, 1.807) is 22.8 Å². The molecule has 0 radical (unpaired) electrons. The molecule has 1 aromatic heterocycles. The van der Waals surface area contributed by atoms with Crippen LogP contribution in [-0.2, 0) is 18.5 Å². The highest BCUT2D eigenvalue weighted by Crippen LogP contribution is 2.30. The minimum Gasteiger partial charge on any atom is -0.287 e. The summed E-state index contributed by atoms with van der Waals surface area (Å²) in [6.45, 7) is 2.34. The van der Waals surface area contributed by atoms with Crippen molar-refractivity contribution in [1.29, 1.82) is 0 Å². The van der Waals surface area contributed by atoms with Gasteiger partial charge in [-0.05, 0) is 36.8 Å². The van der Waals surface area contributed by atoms with Crippen LogP contribution in [0.1, 0.15) is 18.1 Å². The molecule has 25 heavy (non-hydrogen) atoms. The van der Waals surface area contributed by atoms with Crippen LogP contribution in [0.25, 0.3) is 10.9 Å². The minimum atomic E-state index is -4.34. The quantitative estimate of drug-likeness (QED) is 0.496. The summed E-state index contributed by atoms with van der Waals surface area (Å²) in [4.78, 5) is 17.1. The van der Waals surface area contributed by atoms with Crippen molar-refractivity contribution < 1.29 is 13.2 Å². The lowest BCUT2D eigenvalue weighted by Gasteiger charge is -2.11. The molecule has 0 amide bonds. The van der Waals surface area contributed by atoms with Crippen LogP contribution >= 0.6 is 11.8 Å². The van der Waals surface area contributed by atoms with Gasteiger partial charge in [0.2, 0.25) is 0 Å². The van der Waals surface area contributed by atoms with E-state index in [2.05, 4.69) is 4.98 Å². The van der Waals surface area contributed by atoms with Crippen molar-refractivity contribution >= 4 is 22.7 Å². The fraction of sp³-hybridized carbons (Fsp3) is 0.222. The Morgan fingerprint density at radius 3 is 2.40 bits per heavy atom. The zero-order valence-electron chi connectivity index (χ0n) is 13.4. The van der Waals surface area contributed by atoms with E-state index in [9.17, 15) is 18.0 Å². The molecule has 0 aliphatic rings. The second-order valence-corrected chi connectivity index (χ2v) is 6.39. The molecular weight excluding hydrogens is 349 g/mol. The van der Waals surface area contributed by atoms with Crippen LogP contribution in [0.5, 0.6) is 0 Å². The first kappa shape index (κ1) is 17.5. The van der Waals surface area contributed by atoms with E-state index in [1.807, 2.05) is 13.0 Å². The summed E-state index contributed by atoms with van der Waals surface area (Å²) in [7, 11) is 0. The molecular formula is C18H15F3N2OS. The van der Waals surface area contributed by atoms with Gasteiger partial charge in [0.15, 0.2) is 5.16 Å². The topological polar surface area (TPSA) is 34.9 Å². The monoisotopic (exact) mass is 364 g/mol. The molecule has 3 rings (SSSR count). The largest absolute Gasteiger partial charge is 0.416 e. The van der Waals surface area contributed by atoms with E-state index in [-0.39, 0.29) is 5.56 Å². The van der Waals surface area contributed by atoms with E-state index >= 15 is 0 Å². The molecule has 0 N–H and O–H groups in total. The van der Waals surface area contributed by atoms with E-state index in [1.165, 1.54) is 23.9 Å². The molecule has 7 heteroatoms. The van der Waals surface area contributed by atoms with E-state index < -0.39 is 11.7 Å². The average molecular weight is 364 g/mol. The summed E-state index contributed by atoms with van der Waals surface area (Å²) in [6.07, 6.45) is -4.34. The zero-order chi connectivity index (χ0) is 18.0. The zero-order valence-corrected chi connectivity index (χ0v) is 14.2. The highest BCUT2D eigenvalue weighted by molar-refractivity contribution is 7.98. The molecule has 3 aromatic rings. The molecule has 0 saturated heterocycles. The first-order chi connectivity index (χ1) is 11.9. The molecule has 0 aliphatic carbocycles. The number of fused-ring (bicyclic) bond motifs is 1. The van der Waals surface area contributed by atoms with Gasteiger partial charge in [-0.1, -0.05) is 36.0 Å². The molecule has 2 aromatic carbocycles. The maximum absolute atomic E-state index is 12.6. The van der Waals surface area contributed by atoms with E-state index in [4.69, 9.17) is 0 Å². The third kappa shape index (κ3) is 3.71. The van der Waals surface area contributed by atoms with Crippen molar-refractivity contribution in [3.8, 4) is 0 Å². The Labute approximate surface area is 146 Å². The molecule has 0 spiro atoms. The van der Waals surface area contributed by atoms with E-state index in [0.29, 0.717) is 28.4 Å². The Bertz CT molecular complexity index is 949. The summed E-state index contributed by atoms with van der Waals surface area (Å²) < 4.78 is 39.4. The summed E-state index contributed by atoms with van der Waals surface area (Å²) in [5.74, 6) is 0.433. The van der Waals surface area contributed by atoms with Gasteiger partial charge in [0.1, 0.15) is 0 Å². The predicted molar refractivity (Wildman–Crippen MR) is 92.7 cm³/mol. The Morgan fingerprint density at radius 2 is 1.76 bits per heavy atom. The number of hydrogen-bond acceptors (Lipinski definition) is 3. The molecule has 0 aliphatic heterocycles. The van der Waals surface area contributed by atoms with Crippen LogP contribution in [0.2, 0.25) is 0 Å². The molecule has 3 nitrogen and oxygen atoms in total. The first-order valence-electron chi connectivity index (χ1n) is 7.68. The van der Waals surface area contributed by atoms with Gasteiger partial charge in [-0.15, -0.1) is 0 Å². The molecule has 0 unspecified atom stereocenters. The number of aromatic nitrogens is 2. The number of benzene rings is 2. The van der Waals surface area contributed by atoms with Gasteiger partial charge in [-0.3, -0.25) is 9.36 Å². The Morgan fingerprint density at radius 1 is 1.08 bits per heavy atom. The number of para-hydroxylation sites is 1. The number of rotatable bonds is 4. The lowest BCUT2D eigenvalue weighted by Crippen LogP contribution is -2.22. The Balaban J connectivity index is 1.87. The van der Waals surface area contributed by atoms with Gasteiger partial charge < -0.3 is 0 Å². The summed E-state index contributed by atoms with van der Waals surface area (Å²) in [6, 6.07) is 12.2. The van der Waals surface area contributed by atoms with Crippen molar-refractivity contribution in [1.82, 2.24) is 9.55 Å². The average Bonchev–Trinajstić information content (AvgIpc) is 2.60. The van der Waals surface area contributed by atoms with Gasteiger partial charge in [-0.2, -0.15) is 13.2 Å². The number of halogens is 3. The maximum atomic E-state index is 12.6. The van der Waals surface area contributed by atoms with Crippen molar-refractivity contribution in [3.05, 3.63) is 70.0 Å². The summed E-state index contributed by atoms with van der Waals surface area (Å²) in [5.41, 5.74) is 0.578. The number of nitrogens with zero attached hydrogens (tertiary/aromatic N) is 2. The van der Waals surface area contributed by atoms with Crippen LogP contribution in [0.15, 0.2) is 58.5 Å². The SMILES string of the molecule is CCn1c(SCc2ccc(C(F)(F)F)cc2)nc2ccccc2c1=O. The second kappa shape index (κ2) is 6.92. The summed E-state index contributed by atoms with van der Waals surface area (Å²) >= 11 is 1.34. The van der Waals surface area contributed by atoms with Crippen molar-refractivity contribution in [3.63, 3.8) is 0 Å². The summed E-state index contributed by atoms with van der Waals surface area (Å²) in [5, 5.41) is 1.12. The third-order valence-electron chi connectivity index (χ3n) is 3.79. The highest BCUT2D eigenvalue weighted by Gasteiger charge is 2.29. The van der Waals surface area contributed by atoms with Gasteiger partial charge in [-0.25, -0.2) is 4.98 Å². The molecule has 0 fully saturated rings. The fourth-order valence-corrected chi connectivity index (χ4v) is 3.49. The van der Waals surface area contributed by atoms with Crippen LogP contribution in [0.3, 0.4) is 0 Å². The molecule has 0 saturated carbocycles. The van der Waals surface area contributed by atoms with Crippen LogP contribution in [-0.4, -0.2) is 9.55 Å². The molecule has 130 valence electrons. The predicted octanol–water partition coefficient (Wildman–Crippen LogP) is 4.73. The number of hydrogen-bond donors (Lipinski definition) is 0. The number of thioether (sulfide) groups is 1. The van der Waals surface area contributed by atoms with Crippen LogP contribution in [0, 0.1) is 0 Å². The standard InChI is InChI=1S/C18H15F3N2OS/c1-2-23-16(24)14-5-3-4-6-15(14)22-17(23)25-11-12-7-9-13(10-8-12)18(19,20)21/h3-10H,2,11H2,1H3. The number of alkyl halides is 3. The normalized spacial score (nSPS) is 11.8. The minimum absolute atomic E-state index is 0.108. The van der Waals surface area contributed by atoms with E-state index in [0.717, 1.165) is 17.7 Å². The van der Waals surface area contributed by atoms with Crippen molar-refractivity contribution in [2.75, 3.05) is 0 Å². The second-order valence-electron chi connectivity index (χ2n) is 5.44. The third-order valence-corrected chi connectivity index (χ3v) is 4.84.